The monoisotopic (exact) mass is 276 g/mol. The van der Waals surface area contributed by atoms with Crippen LogP contribution in [-0.2, 0) is 16.1 Å². The Labute approximate surface area is 120 Å². The lowest BCUT2D eigenvalue weighted by Gasteiger charge is -2.11. The maximum atomic E-state index is 11.8. The quantitative estimate of drug-likeness (QED) is 0.767. The van der Waals surface area contributed by atoms with Crippen LogP contribution < -0.4 is 10.6 Å². The highest BCUT2D eigenvalue weighted by molar-refractivity contribution is 5.90. The summed E-state index contributed by atoms with van der Waals surface area (Å²) in [7, 11) is 1.66. The molecule has 1 aromatic rings. The van der Waals surface area contributed by atoms with Crippen LogP contribution in [0.2, 0.25) is 0 Å². The van der Waals surface area contributed by atoms with Gasteiger partial charge in [-0.1, -0.05) is 19.1 Å². The molecule has 110 valence electrons. The minimum absolute atomic E-state index is 0.0402. The molecule has 2 N–H and O–H groups in total. The molecule has 4 nitrogen and oxygen atoms in total. The van der Waals surface area contributed by atoms with Crippen LogP contribution in [0.5, 0.6) is 0 Å². The van der Waals surface area contributed by atoms with Gasteiger partial charge in [-0.05, 0) is 36.5 Å². The maximum Gasteiger partial charge on any atom is 0.224 e. The summed E-state index contributed by atoms with van der Waals surface area (Å²) in [4.78, 5) is 11.8. The van der Waals surface area contributed by atoms with Gasteiger partial charge in [0, 0.05) is 38.4 Å². The third-order valence-electron chi connectivity index (χ3n) is 3.39. The second-order valence-corrected chi connectivity index (χ2v) is 5.66. The molecule has 0 saturated heterocycles. The van der Waals surface area contributed by atoms with Crippen molar-refractivity contribution in [2.75, 3.05) is 19.0 Å². The van der Waals surface area contributed by atoms with Crippen molar-refractivity contribution in [3.05, 3.63) is 29.8 Å². The molecule has 1 amide bonds. The lowest BCUT2D eigenvalue weighted by molar-refractivity contribution is -0.117. The topological polar surface area (TPSA) is 50.4 Å². The average Bonchev–Trinajstić information content (AvgIpc) is 3.22. The van der Waals surface area contributed by atoms with Gasteiger partial charge < -0.3 is 15.4 Å². The molecule has 1 aliphatic carbocycles. The van der Waals surface area contributed by atoms with Crippen molar-refractivity contribution in [1.29, 1.82) is 0 Å². The van der Waals surface area contributed by atoms with E-state index in [2.05, 4.69) is 22.8 Å². The molecule has 20 heavy (non-hydrogen) atoms. The minimum Gasteiger partial charge on any atom is -0.384 e. The van der Waals surface area contributed by atoms with Gasteiger partial charge in [-0.15, -0.1) is 0 Å². The van der Waals surface area contributed by atoms with E-state index in [1.807, 2.05) is 19.1 Å². The number of ether oxygens (including phenoxy) is 1. The summed E-state index contributed by atoms with van der Waals surface area (Å²) >= 11 is 0. The molecule has 0 aromatic heterocycles. The molecule has 4 heteroatoms. The Morgan fingerprint density at radius 2 is 2.05 bits per heavy atom. The van der Waals surface area contributed by atoms with E-state index >= 15 is 0 Å². The third-order valence-corrected chi connectivity index (χ3v) is 3.39. The molecule has 0 bridgehead atoms. The largest absolute Gasteiger partial charge is 0.384 e. The molecule has 0 spiro atoms. The van der Waals surface area contributed by atoms with Crippen LogP contribution in [0.4, 0.5) is 5.69 Å². The normalized spacial score (nSPS) is 15.9. The first kappa shape index (κ1) is 15.0. The third kappa shape index (κ3) is 5.31. The van der Waals surface area contributed by atoms with Gasteiger partial charge in [-0.25, -0.2) is 0 Å². The van der Waals surface area contributed by atoms with Gasteiger partial charge in [0.25, 0.3) is 0 Å². The van der Waals surface area contributed by atoms with Crippen LogP contribution in [0.3, 0.4) is 0 Å². The Hall–Kier alpha value is -1.39. The molecule has 1 saturated carbocycles. The smallest absolute Gasteiger partial charge is 0.224 e. The Morgan fingerprint density at radius 1 is 1.35 bits per heavy atom. The first-order valence-electron chi connectivity index (χ1n) is 7.28. The Kier molecular flexibility index (Phi) is 5.56. The zero-order valence-corrected chi connectivity index (χ0v) is 12.3. The van der Waals surface area contributed by atoms with Crippen molar-refractivity contribution < 1.29 is 9.53 Å². The number of hydrogen-bond acceptors (Lipinski definition) is 3. The molecule has 0 heterocycles. The number of carbonyl (C=O) groups is 1. The second-order valence-electron chi connectivity index (χ2n) is 5.66. The number of anilines is 1. The number of carbonyl (C=O) groups excluding carboxylic acids is 1. The van der Waals surface area contributed by atoms with E-state index in [1.165, 1.54) is 18.4 Å². The highest BCUT2D eigenvalue weighted by Crippen LogP contribution is 2.19. The van der Waals surface area contributed by atoms with Crippen molar-refractivity contribution in [1.82, 2.24) is 5.32 Å². The Bertz CT molecular complexity index is 427. The number of hydrogen-bond donors (Lipinski definition) is 2. The van der Waals surface area contributed by atoms with E-state index < -0.39 is 0 Å². The summed E-state index contributed by atoms with van der Waals surface area (Å²) in [6, 6.07) is 8.76. The summed E-state index contributed by atoms with van der Waals surface area (Å²) in [5, 5.41) is 6.39. The molecule has 2 rings (SSSR count). The number of methoxy groups -OCH3 is 1. The number of amides is 1. The van der Waals surface area contributed by atoms with E-state index in [1.54, 1.807) is 7.11 Å². The van der Waals surface area contributed by atoms with Gasteiger partial charge >= 0.3 is 0 Å². The second kappa shape index (κ2) is 7.41. The highest BCUT2D eigenvalue weighted by atomic mass is 16.5. The van der Waals surface area contributed by atoms with E-state index in [9.17, 15) is 4.79 Å². The van der Waals surface area contributed by atoms with E-state index in [0.29, 0.717) is 13.0 Å². The van der Waals surface area contributed by atoms with Crippen molar-refractivity contribution in [3.63, 3.8) is 0 Å². The maximum absolute atomic E-state index is 11.8. The molecule has 1 unspecified atom stereocenters. The van der Waals surface area contributed by atoms with Gasteiger partial charge in [0.15, 0.2) is 0 Å². The zero-order valence-electron chi connectivity index (χ0n) is 12.3. The van der Waals surface area contributed by atoms with Gasteiger partial charge in [-0.3, -0.25) is 4.79 Å². The zero-order chi connectivity index (χ0) is 14.4. The van der Waals surface area contributed by atoms with Crippen molar-refractivity contribution in [2.24, 2.45) is 5.92 Å². The Balaban J connectivity index is 1.75. The lowest BCUT2D eigenvalue weighted by Crippen LogP contribution is -2.18. The molecular weight excluding hydrogens is 252 g/mol. The number of nitrogens with one attached hydrogen (secondary N) is 2. The van der Waals surface area contributed by atoms with Gasteiger partial charge in [0.1, 0.15) is 0 Å². The van der Waals surface area contributed by atoms with E-state index in [-0.39, 0.29) is 11.8 Å². The van der Waals surface area contributed by atoms with Gasteiger partial charge in [-0.2, -0.15) is 0 Å². The lowest BCUT2D eigenvalue weighted by atomic mass is 10.1. The molecular formula is C16H24N2O2. The van der Waals surface area contributed by atoms with Gasteiger partial charge in [0.05, 0.1) is 0 Å². The highest BCUT2D eigenvalue weighted by Gasteiger charge is 2.19. The van der Waals surface area contributed by atoms with Crippen molar-refractivity contribution in [2.45, 2.75) is 38.8 Å². The van der Waals surface area contributed by atoms with E-state index in [4.69, 9.17) is 4.74 Å². The SMILES string of the molecule is COCC(C)CC(=O)Nc1ccc(CNC2CC2)cc1. The minimum atomic E-state index is 0.0402. The van der Waals surface area contributed by atoms with Crippen LogP contribution in [0, 0.1) is 5.92 Å². The molecule has 0 aliphatic heterocycles. The molecule has 1 aliphatic rings. The summed E-state index contributed by atoms with van der Waals surface area (Å²) in [6.07, 6.45) is 3.08. The Morgan fingerprint density at radius 3 is 2.65 bits per heavy atom. The van der Waals surface area contributed by atoms with Crippen LogP contribution >= 0.6 is 0 Å². The van der Waals surface area contributed by atoms with Crippen molar-refractivity contribution in [3.8, 4) is 0 Å². The summed E-state index contributed by atoms with van der Waals surface area (Å²) in [6.45, 7) is 3.53. The van der Waals surface area contributed by atoms with Crippen LogP contribution in [0.15, 0.2) is 24.3 Å². The number of rotatable bonds is 8. The number of benzene rings is 1. The van der Waals surface area contributed by atoms with Crippen LogP contribution in [0.1, 0.15) is 31.7 Å². The molecule has 0 radical (unpaired) electrons. The van der Waals surface area contributed by atoms with E-state index in [0.717, 1.165) is 18.3 Å². The predicted molar refractivity (Wildman–Crippen MR) is 80.6 cm³/mol. The van der Waals surface area contributed by atoms with Gasteiger partial charge in [0.2, 0.25) is 5.91 Å². The standard InChI is InChI=1S/C16H24N2O2/c1-12(11-20-2)9-16(19)18-15-5-3-13(4-6-15)10-17-14-7-8-14/h3-6,12,14,17H,7-11H2,1-2H3,(H,18,19). The summed E-state index contributed by atoms with van der Waals surface area (Å²) in [5.41, 5.74) is 2.11. The first-order valence-corrected chi connectivity index (χ1v) is 7.28. The summed E-state index contributed by atoms with van der Waals surface area (Å²) < 4.78 is 5.03. The fourth-order valence-corrected chi connectivity index (χ4v) is 2.13. The van der Waals surface area contributed by atoms with Crippen LogP contribution in [0.25, 0.3) is 0 Å². The fourth-order valence-electron chi connectivity index (χ4n) is 2.13. The molecule has 1 fully saturated rings. The fraction of sp³-hybridized carbons (Fsp3) is 0.562. The van der Waals surface area contributed by atoms with Crippen molar-refractivity contribution >= 4 is 11.6 Å². The first-order chi connectivity index (χ1) is 9.67. The predicted octanol–water partition coefficient (Wildman–Crippen LogP) is 2.55. The molecule has 1 atom stereocenters. The van der Waals surface area contributed by atoms with Crippen LogP contribution in [-0.4, -0.2) is 25.7 Å². The molecule has 1 aromatic carbocycles. The average molecular weight is 276 g/mol. The summed E-state index contributed by atoms with van der Waals surface area (Å²) in [5.74, 6) is 0.278.